The Kier molecular flexibility index (Phi) is 4.98. The molecule has 2 N–H and O–H groups in total. The van der Waals surface area contributed by atoms with Crippen molar-refractivity contribution < 1.29 is 4.79 Å². The molecule has 0 saturated carbocycles. The van der Waals surface area contributed by atoms with Gasteiger partial charge in [-0.05, 0) is 35.6 Å². The average Bonchev–Trinajstić information content (AvgIpc) is 3.17. The highest BCUT2D eigenvalue weighted by atomic mass is 35.5. The molecule has 1 amide bonds. The first-order valence-corrected chi connectivity index (χ1v) is 9.76. The van der Waals surface area contributed by atoms with Crippen LogP contribution in [0.5, 0.6) is 0 Å². The van der Waals surface area contributed by atoms with Crippen molar-refractivity contribution in [1.82, 2.24) is 5.32 Å². The maximum Gasteiger partial charge on any atom is 0.253 e. The summed E-state index contributed by atoms with van der Waals surface area (Å²) in [5.74, 6) is 0.462. The minimum atomic E-state index is -0.115. The van der Waals surface area contributed by atoms with Crippen LogP contribution in [-0.4, -0.2) is 12.5 Å². The molecule has 5 heteroatoms. The first kappa shape index (κ1) is 18.1. The summed E-state index contributed by atoms with van der Waals surface area (Å²) in [4.78, 5) is 12.7. The summed E-state index contributed by atoms with van der Waals surface area (Å²) >= 11 is 12.8. The Morgan fingerprint density at radius 1 is 1.22 bits per heavy atom. The molecule has 1 aliphatic heterocycles. The number of benzene rings is 2. The zero-order chi connectivity index (χ0) is 19.0. The van der Waals surface area contributed by atoms with Crippen LogP contribution in [0.2, 0.25) is 10.0 Å². The van der Waals surface area contributed by atoms with Gasteiger partial charge in [0.15, 0.2) is 0 Å². The molecule has 138 valence electrons. The highest BCUT2D eigenvalue weighted by Crippen LogP contribution is 2.52. The number of halogens is 2. The first-order chi connectivity index (χ1) is 13.1. The number of nitrogens with one attached hydrogen (secondary N) is 2. The fourth-order valence-electron chi connectivity index (χ4n) is 4.14. The summed E-state index contributed by atoms with van der Waals surface area (Å²) in [5, 5.41) is 7.59. The van der Waals surface area contributed by atoms with E-state index in [2.05, 4.69) is 35.4 Å². The molecule has 0 saturated heterocycles. The van der Waals surface area contributed by atoms with E-state index >= 15 is 0 Å². The Balaban J connectivity index is 1.80. The number of carbonyl (C=O) groups excluding carboxylic acids is 1. The standard InChI is InChI=1S/C22H20Cl2N2O/c1-2-12-25-22(27)17-10-4-8-15-13-6-3-7-14(13)20(26-21(15)17)16-9-5-11-18(23)19(16)24/h2-6,8-11,13-14,20,26H,1,7,12H2,(H,25,27). The molecule has 1 aliphatic carbocycles. The van der Waals surface area contributed by atoms with Gasteiger partial charge in [0.05, 0.1) is 27.3 Å². The van der Waals surface area contributed by atoms with E-state index in [1.165, 1.54) is 0 Å². The molecular formula is C22H20Cl2N2O. The van der Waals surface area contributed by atoms with Gasteiger partial charge in [0.1, 0.15) is 0 Å². The number of hydrogen-bond donors (Lipinski definition) is 2. The SMILES string of the molecule is C=CCNC(=O)c1cccc2c1NC(c1cccc(Cl)c1Cl)C1CC=CC21. The second-order valence-electron chi connectivity index (χ2n) is 6.89. The zero-order valence-corrected chi connectivity index (χ0v) is 16.2. The number of rotatable bonds is 4. The molecule has 4 rings (SSSR count). The summed E-state index contributed by atoms with van der Waals surface area (Å²) in [7, 11) is 0. The Morgan fingerprint density at radius 3 is 2.81 bits per heavy atom. The smallest absolute Gasteiger partial charge is 0.253 e. The van der Waals surface area contributed by atoms with Crippen LogP contribution in [0, 0.1) is 5.92 Å². The summed E-state index contributed by atoms with van der Waals surface area (Å²) in [6.45, 7) is 4.09. The molecule has 0 bridgehead atoms. The van der Waals surface area contributed by atoms with Crippen molar-refractivity contribution in [3.8, 4) is 0 Å². The zero-order valence-electron chi connectivity index (χ0n) is 14.7. The van der Waals surface area contributed by atoms with Crippen LogP contribution in [0.3, 0.4) is 0 Å². The van der Waals surface area contributed by atoms with Gasteiger partial charge in [-0.1, -0.05) is 65.7 Å². The molecule has 2 aromatic carbocycles. The van der Waals surface area contributed by atoms with Gasteiger partial charge >= 0.3 is 0 Å². The van der Waals surface area contributed by atoms with Gasteiger partial charge in [0, 0.05) is 12.5 Å². The second kappa shape index (κ2) is 7.41. The summed E-state index contributed by atoms with van der Waals surface area (Å²) in [6, 6.07) is 11.6. The van der Waals surface area contributed by atoms with E-state index in [0.717, 1.165) is 23.2 Å². The van der Waals surface area contributed by atoms with E-state index in [0.29, 0.717) is 28.1 Å². The Hall–Kier alpha value is -2.23. The van der Waals surface area contributed by atoms with E-state index in [1.54, 1.807) is 12.1 Å². The van der Waals surface area contributed by atoms with Crippen LogP contribution in [0.1, 0.15) is 39.9 Å². The Bertz CT molecular complexity index is 938. The molecular weight excluding hydrogens is 379 g/mol. The van der Waals surface area contributed by atoms with Crippen molar-refractivity contribution in [3.05, 3.63) is 87.9 Å². The second-order valence-corrected chi connectivity index (χ2v) is 7.67. The fourth-order valence-corrected chi connectivity index (χ4v) is 4.56. The van der Waals surface area contributed by atoms with Gasteiger partial charge in [-0.2, -0.15) is 0 Å². The highest BCUT2D eigenvalue weighted by Gasteiger charge is 2.40. The number of anilines is 1. The predicted octanol–water partition coefficient (Wildman–Crippen LogP) is 5.74. The molecule has 2 aromatic rings. The number of amides is 1. The third-order valence-corrected chi connectivity index (χ3v) is 6.20. The molecule has 0 spiro atoms. The third-order valence-electron chi connectivity index (χ3n) is 5.36. The maximum absolute atomic E-state index is 12.7. The quantitative estimate of drug-likeness (QED) is 0.644. The molecule has 3 nitrogen and oxygen atoms in total. The number of fused-ring (bicyclic) bond motifs is 3. The van der Waals surface area contributed by atoms with Crippen LogP contribution >= 0.6 is 23.2 Å². The van der Waals surface area contributed by atoms with Crippen molar-refractivity contribution in [2.24, 2.45) is 5.92 Å². The van der Waals surface area contributed by atoms with E-state index < -0.39 is 0 Å². The average molecular weight is 399 g/mol. The number of hydrogen-bond acceptors (Lipinski definition) is 2. The van der Waals surface area contributed by atoms with Gasteiger partial charge in [0.2, 0.25) is 0 Å². The van der Waals surface area contributed by atoms with Crippen LogP contribution in [0.15, 0.2) is 61.2 Å². The van der Waals surface area contributed by atoms with Gasteiger partial charge < -0.3 is 10.6 Å². The minimum absolute atomic E-state index is 0.0166. The molecule has 0 fully saturated rings. The third kappa shape index (κ3) is 3.15. The van der Waals surface area contributed by atoms with Crippen LogP contribution in [0.4, 0.5) is 5.69 Å². The van der Waals surface area contributed by atoms with E-state index in [1.807, 2.05) is 24.3 Å². The van der Waals surface area contributed by atoms with Gasteiger partial charge in [-0.3, -0.25) is 4.79 Å². The number of allylic oxidation sites excluding steroid dienone is 2. The van der Waals surface area contributed by atoms with Gasteiger partial charge in [-0.25, -0.2) is 0 Å². The lowest BCUT2D eigenvalue weighted by Gasteiger charge is -2.38. The van der Waals surface area contributed by atoms with E-state index in [9.17, 15) is 4.79 Å². The van der Waals surface area contributed by atoms with Gasteiger partial charge in [0.25, 0.3) is 5.91 Å². The van der Waals surface area contributed by atoms with Gasteiger partial charge in [-0.15, -0.1) is 6.58 Å². The highest BCUT2D eigenvalue weighted by molar-refractivity contribution is 6.42. The van der Waals surface area contributed by atoms with Crippen LogP contribution in [-0.2, 0) is 0 Å². The molecule has 1 heterocycles. The lowest BCUT2D eigenvalue weighted by molar-refractivity contribution is 0.0958. The largest absolute Gasteiger partial charge is 0.377 e. The van der Waals surface area contributed by atoms with Crippen molar-refractivity contribution in [3.63, 3.8) is 0 Å². The molecule has 3 unspecified atom stereocenters. The van der Waals surface area contributed by atoms with E-state index in [-0.39, 0.29) is 17.9 Å². The van der Waals surface area contributed by atoms with Crippen molar-refractivity contribution >= 4 is 34.8 Å². The summed E-state index contributed by atoms with van der Waals surface area (Å²) in [6.07, 6.45) is 7.08. The summed E-state index contributed by atoms with van der Waals surface area (Å²) in [5.41, 5.74) is 3.62. The maximum atomic E-state index is 12.7. The fraction of sp³-hybridized carbons (Fsp3) is 0.227. The lowest BCUT2D eigenvalue weighted by atomic mass is 9.76. The van der Waals surface area contributed by atoms with Crippen LogP contribution in [0.25, 0.3) is 0 Å². The monoisotopic (exact) mass is 398 g/mol. The first-order valence-electron chi connectivity index (χ1n) is 9.01. The van der Waals surface area contributed by atoms with Crippen molar-refractivity contribution in [1.29, 1.82) is 0 Å². The van der Waals surface area contributed by atoms with Crippen molar-refractivity contribution in [2.45, 2.75) is 18.4 Å². The number of para-hydroxylation sites is 1. The Morgan fingerprint density at radius 2 is 2.00 bits per heavy atom. The lowest BCUT2D eigenvalue weighted by Crippen LogP contribution is -2.32. The minimum Gasteiger partial charge on any atom is -0.377 e. The van der Waals surface area contributed by atoms with E-state index in [4.69, 9.17) is 23.2 Å². The topological polar surface area (TPSA) is 41.1 Å². The molecule has 0 radical (unpaired) electrons. The molecule has 2 aliphatic rings. The molecule has 27 heavy (non-hydrogen) atoms. The van der Waals surface area contributed by atoms with Crippen LogP contribution < -0.4 is 10.6 Å². The molecule has 0 aromatic heterocycles. The predicted molar refractivity (Wildman–Crippen MR) is 112 cm³/mol. The molecule has 3 atom stereocenters. The number of carbonyl (C=O) groups is 1. The van der Waals surface area contributed by atoms with Crippen molar-refractivity contribution in [2.75, 3.05) is 11.9 Å². The Labute approximate surface area is 169 Å². The summed E-state index contributed by atoms with van der Waals surface area (Å²) < 4.78 is 0. The normalized spacial score (nSPS) is 22.5.